The van der Waals surface area contributed by atoms with Crippen molar-refractivity contribution in [3.8, 4) is 5.69 Å². The Hall–Kier alpha value is -3.09. The molecule has 6 nitrogen and oxygen atoms in total. The maximum Gasteiger partial charge on any atom is 0.251 e. The van der Waals surface area contributed by atoms with Crippen molar-refractivity contribution in [3.05, 3.63) is 72.1 Å². The van der Waals surface area contributed by atoms with Crippen molar-refractivity contribution < 1.29 is 9.18 Å². The molecule has 2 heterocycles. The highest BCUT2D eigenvalue weighted by Crippen LogP contribution is 2.05. The first-order valence-electron chi connectivity index (χ1n) is 6.58. The van der Waals surface area contributed by atoms with Gasteiger partial charge >= 0.3 is 0 Å². The summed E-state index contributed by atoms with van der Waals surface area (Å²) in [6.45, 7) is 0.237. The van der Waals surface area contributed by atoms with Gasteiger partial charge in [0.1, 0.15) is 11.5 Å². The van der Waals surface area contributed by atoms with E-state index in [-0.39, 0.29) is 18.3 Å². The van der Waals surface area contributed by atoms with E-state index in [0.717, 1.165) is 5.69 Å². The Morgan fingerprint density at radius 3 is 2.59 bits per heavy atom. The molecule has 3 rings (SSSR count). The van der Waals surface area contributed by atoms with Crippen LogP contribution in [0.25, 0.3) is 5.69 Å². The molecule has 0 aliphatic heterocycles. The highest BCUT2D eigenvalue weighted by atomic mass is 19.1. The number of carbonyl (C=O) groups is 1. The Kier molecular flexibility index (Phi) is 3.86. The van der Waals surface area contributed by atoms with Crippen LogP contribution in [0.2, 0.25) is 0 Å². The lowest BCUT2D eigenvalue weighted by molar-refractivity contribution is 0.0950. The number of hydrogen-bond donors (Lipinski definition) is 1. The topological polar surface area (TPSA) is 72.7 Å². The number of rotatable bonds is 4. The molecule has 2 aromatic heterocycles. The summed E-state index contributed by atoms with van der Waals surface area (Å²) in [5.41, 5.74) is 1.84. The molecule has 0 saturated heterocycles. The summed E-state index contributed by atoms with van der Waals surface area (Å²) in [5.74, 6) is -0.671. The average molecular weight is 297 g/mol. The van der Waals surface area contributed by atoms with Gasteiger partial charge in [0.2, 0.25) is 0 Å². The lowest BCUT2D eigenvalue weighted by atomic mass is 10.2. The number of amides is 1. The molecule has 1 aromatic carbocycles. The van der Waals surface area contributed by atoms with Crippen molar-refractivity contribution in [1.29, 1.82) is 0 Å². The Morgan fingerprint density at radius 2 is 1.86 bits per heavy atom. The van der Waals surface area contributed by atoms with Crippen molar-refractivity contribution in [2.45, 2.75) is 6.54 Å². The van der Waals surface area contributed by atoms with E-state index in [1.54, 1.807) is 35.4 Å². The Bertz CT molecular complexity index is 770. The summed E-state index contributed by atoms with van der Waals surface area (Å²) in [6.07, 6.45) is 5.04. The van der Waals surface area contributed by atoms with Crippen molar-refractivity contribution >= 4 is 5.91 Å². The molecule has 0 bridgehead atoms. The fraction of sp³-hybridized carbons (Fsp3) is 0.0667. The van der Waals surface area contributed by atoms with Crippen LogP contribution in [0.15, 0.2) is 55.0 Å². The van der Waals surface area contributed by atoms with Crippen LogP contribution >= 0.6 is 0 Å². The number of hydrogen-bond acceptors (Lipinski definition) is 4. The van der Waals surface area contributed by atoms with E-state index in [4.69, 9.17) is 0 Å². The molecule has 0 aliphatic carbocycles. The van der Waals surface area contributed by atoms with E-state index in [0.29, 0.717) is 11.3 Å². The molecule has 3 aromatic rings. The number of aromatic nitrogens is 4. The highest BCUT2D eigenvalue weighted by molar-refractivity contribution is 5.94. The minimum atomic E-state index is -0.378. The normalized spacial score (nSPS) is 10.4. The first kappa shape index (κ1) is 13.9. The summed E-state index contributed by atoms with van der Waals surface area (Å²) in [6, 6.07) is 8.95. The summed E-state index contributed by atoms with van der Waals surface area (Å²) >= 11 is 0. The largest absolute Gasteiger partial charge is 0.346 e. The van der Waals surface area contributed by atoms with Gasteiger partial charge in [-0.05, 0) is 36.4 Å². The fourth-order valence-corrected chi connectivity index (χ4v) is 1.88. The zero-order valence-corrected chi connectivity index (χ0v) is 11.5. The molecule has 0 atom stereocenters. The quantitative estimate of drug-likeness (QED) is 0.796. The van der Waals surface area contributed by atoms with Gasteiger partial charge in [-0.1, -0.05) is 5.21 Å². The molecule has 0 radical (unpaired) electrons. The molecule has 0 spiro atoms. The lowest BCUT2D eigenvalue weighted by Gasteiger charge is -2.02. The minimum Gasteiger partial charge on any atom is -0.346 e. The second-order valence-corrected chi connectivity index (χ2v) is 4.55. The van der Waals surface area contributed by atoms with Crippen molar-refractivity contribution in [1.82, 2.24) is 25.3 Å². The van der Waals surface area contributed by atoms with E-state index in [9.17, 15) is 9.18 Å². The summed E-state index contributed by atoms with van der Waals surface area (Å²) in [7, 11) is 0. The van der Waals surface area contributed by atoms with Gasteiger partial charge in [-0.25, -0.2) is 9.07 Å². The fourth-order valence-electron chi connectivity index (χ4n) is 1.88. The number of nitrogens with zero attached hydrogens (tertiary/aromatic N) is 4. The maximum atomic E-state index is 12.8. The van der Waals surface area contributed by atoms with Crippen LogP contribution in [0.5, 0.6) is 0 Å². The Morgan fingerprint density at radius 1 is 1.14 bits per heavy atom. The molecule has 0 aliphatic rings. The second-order valence-electron chi connectivity index (χ2n) is 4.55. The van der Waals surface area contributed by atoms with Gasteiger partial charge < -0.3 is 5.32 Å². The number of halogens is 1. The Balaban J connectivity index is 1.64. The molecule has 0 unspecified atom stereocenters. The van der Waals surface area contributed by atoms with Gasteiger partial charge in [-0.3, -0.25) is 9.78 Å². The van der Waals surface area contributed by atoms with Crippen molar-refractivity contribution in [3.63, 3.8) is 0 Å². The van der Waals surface area contributed by atoms with Gasteiger partial charge in [-0.2, -0.15) is 0 Å². The molecule has 22 heavy (non-hydrogen) atoms. The van der Waals surface area contributed by atoms with Crippen LogP contribution in [0.4, 0.5) is 4.39 Å². The number of carbonyl (C=O) groups excluding carboxylic acids is 1. The summed E-state index contributed by atoms with van der Waals surface area (Å²) in [4.78, 5) is 15.8. The average Bonchev–Trinajstić information content (AvgIpc) is 3.03. The molecule has 110 valence electrons. The van der Waals surface area contributed by atoms with E-state index in [1.807, 2.05) is 0 Å². The van der Waals surface area contributed by atoms with Crippen molar-refractivity contribution in [2.75, 3.05) is 0 Å². The van der Waals surface area contributed by atoms with Gasteiger partial charge in [0.05, 0.1) is 18.4 Å². The molecule has 0 saturated carbocycles. The van der Waals surface area contributed by atoms with Crippen LogP contribution < -0.4 is 5.32 Å². The van der Waals surface area contributed by atoms with Crippen LogP contribution in [-0.4, -0.2) is 25.9 Å². The summed E-state index contributed by atoms with van der Waals surface area (Å²) in [5, 5.41) is 10.7. The molecule has 0 fully saturated rings. The number of benzene rings is 1. The highest BCUT2D eigenvalue weighted by Gasteiger charge is 2.07. The third-order valence-electron chi connectivity index (χ3n) is 3.00. The van der Waals surface area contributed by atoms with Crippen LogP contribution in [0.3, 0.4) is 0 Å². The second kappa shape index (κ2) is 6.13. The zero-order valence-electron chi connectivity index (χ0n) is 11.5. The van der Waals surface area contributed by atoms with Crippen LogP contribution in [0.1, 0.15) is 16.1 Å². The third-order valence-corrected chi connectivity index (χ3v) is 3.00. The molecular formula is C15H12FN5O. The SMILES string of the molecule is O=C(NCc1cn(-c2ccncc2)nn1)c1ccc(F)cc1. The van der Waals surface area contributed by atoms with Crippen LogP contribution in [0, 0.1) is 5.82 Å². The van der Waals surface area contributed by atoms with E-state index in [2.05, 4.69) is 20.6 Å². The first-order valence-corrected chi connectivity index (χ1v) is 6.58. The lowest BCUT2D eigenvalue weighted by Crippen LogP contribution is -2.22. The predicted octanol–water partition coefficient (Wildman–Crippen LogP) is 1.73. The monoisotopic (exact) mass is 297 g/mol. The van der Waals surface area contributed by atoms with Gasteiger partial charge in [0.25, 0.3) is 5.91 Å². The van der Waals surface area contributed by atoms with Gasteiger partial charge in [-0.15, -0.1) is 5.10 Å². The third kappa shape index (κ3) is 3.14. The molecule has 1 N–H and O–H groups in total. The van der Waals surface area contributed by atoms with E-state index in [1.165, 1.54) is 24.3 Å². The molecular weight excluding hydrogens is 285 g/mol. The van der Waals surface area contributed by atoms with Crippen LogP contribution in [-0.2, 0) is 6.54 Å². The zero-order chi connectivity index (χ0) is 15.4. The molecule has 7 heteroatoms. The predicted molar refractivity (Wildman–Crippen MR) is 76.7 cm³/mol. The smallest absolute Gasteiger partial charge is 0.251 e. The van der Waals surface area contributed by atoms with Crippen molar-refractivity contribution in [2.24, 2.45) is 0 Å². The molecule has 1 amide bonds. The maximum absolute atomic E-state index is 12.8. The van der Waals surface area contributed by atoms with E-state index < -0.39 is 0 Å². The van der Waals surface area contributed by atoms with Gasteiger partial charge in [0, 0.05) is 18.0 Å². The van der Waals surface area contributed by atoms with E-state index >= 15 is 0 Å². The Labute approximate surface area is 125 Å². The van der Waals surface area contributed by atoms with Gasteiger partial charge in [0.15, 0.2) is 0 Å². The minimum absolute atomic E-state index is 0.237. The number of nitrogens with one attached hydrogen (secondary N) is 1. The number of pyridine rings is 1. The summed E-state index contributed by atoms with van der Waals surface area (Å²) < 4.78 is 14.4. The first-order chi connectivity index (χ1) is 10.7. The standard InChI is InChI=1S/C15H12FN5O/c16-12-3-1-11(2-4-12)15(22)18-9-13-10-21(20-19-13)14-5-7-17-8-6-14/h1-8,10H,9H2,(H,18,22).